The Morgan fingerprint density at radius 2 is 1.56 bits per heavy atom. The van der Waals surface area contributed by atoms with Gasteiger partial charge in [-0.3, -0.25) is 0 Å². The maximum absolute atomic E-state index is 6.46. The number of fused-ring (bicyclic) bond motifs is 5. The predicted octanol–water partition coefficient (Wildman–Crippen LogP) is 9.56. The van der Waals surface area contributed by atoms with Gasteiger partial charge in [-0.05, 0) is 122 Å². The molecule has 1 heteroatoms. The smallest absolute Gasteiger partial charge is 0.119 e. The van der Waals surface area contributed by atoms with E-state index in [2.05, 4.69) is 65.0 Å². The maximum Gasteiger partial charge on any atom is 0.119 e. The largest absolute Gasteiger partial charge is 0.490 e. The average molecular weight is 465 g/mol. The molecule has 4 aliphatic rings. The average Bonchev–Trinajstić information content (AvgIpc) is 3.17. The van der Waals surface area contributed by atoms with Crippen molar-refractivity contribution in [1.29, 1.82) is 0 Å². The van der Waals surface area contributed by atoms with Crippen LogP contribution in [-0.2, 0) is 0 Å². The van der Waals surface area contributed by atoms with E-state index in [4.69, 9.17) is 4.74 Å². The van der Waals surface area contributed by atoms with Gasteiger partial charge in [-0.1, -0.05) is 72.1 Å². The molecule has 0 unspecified atom stereocenters. The SMILES string of the molecule is CC(C)CCC[C@@H](C)[C@H]1CC[C@H]2[C@@H]3CC[C@H]4C[C@@H](Oc5ccccc5)CC[C@]4(C)[C@H]3CC[C@]12C. The molecule has 34 heavy (non-hydrogen) atoms. The molecule has 0 amide bonds. The fourth-order valence-corrected chi connectivity index (χ4v) is 10.0. The highest BCUT2D eigenvalue weighted by Gasteiger charge is 2.60. The molecule has 0 saturated heterocycles. The Morgan fingerprint density at radius 1 is 0.824 bits per heavy atom. The van der Waals surface area contributed by atoms with E-state index in [0.29, 0.717) is 16.9 Å². The van der Waals surface area contributed by atoms with E-state index in [9.17, 15) is 0 Å². The summed E-state index contributed by atoms with van der Waals surface area (Å²) in [6.45, 7) is 12.8. The van der Waals surface area contributed by atoms with E-state index in [1.54, 1.807) is 0 Å². The third kappa shape index (κ3) is 4.48. The van der Waals surface area contributed by atoms with Crippen molar-refractivity contribution < 1.29 is 4.74 Å². The van der Waals surface area contributed by atoms with Crippen LogP contribution in [0.25, 0.3) is 0 Å². The van der Waals surface area contributed by atoms with Crippen molar-refractivity contribution >= 4 is 0 Å². The van der Waals surface area contributed by atoms with E-state index >= 15 is 0 Å². The third-order valence-corrected chi connectivity index (χ3v) is 11.9. The molecule has 0 heterocycles. The highest BCUT2D eigenvalue weighted by molar-refractivity contribution is 5.21. The summed E-state index contributed by atoms with van der Waals surface area (Å²) in [5.41, 5.74) is 1.18. The van der Waals surface area contributed by atoms with Gasteiger partial charge >= 0.3 is 0 Å². The Kier molecular flexibility index (Phi) is 7.13. The summed E-state index contributed by atoms with van der Waals surface area (Å²) in [5, 5.41) is 0. The van der Waals surface area contributed by atoms with Crippen LogP contribution in [0.4, 0.5) is 0 Å². The van der Waals surface area contributed by atoms with Gasteiger partial charge in [0.15, 0.2) is 0 Å². The molecule has 0 radical (unpaired) electrons. The predicted molar refractivity (Wildman–Crippen MR) is 144 cm³/mol. The first kappa shape index (κ1) is 24.7. The Balaban J connectivity index is 1.24. The maximum atomic E-state index is 6.46. The van der Waals surface area contributed by atoms with Crippen LogP contribution < -0.4 is 4.74 Å². The standard InChI is InChI=1S/C33H52O/c1-23(2)10-9-11-24(3)29-16-17-30-28-15-14-25-22-27(34-26-12-7-6-8-13-26)18-20-32(25,4)31(28)19-21-33(29,30)5/h6-8,12-13,23-25,27-31H,9-11,14-22H2,1-5H3/t24-,25+,27+,28+,29-,30+,31+,32+,33-/m1/s1. The van der Waals surface area contributed by atoms with Gasteiger partial charge in [0.25, 0.3) is 0 Å². The molecule has 0 N–H and O–H groups in total. The summed E-state index contributed by atoms with van der Waals surface area (Å²) >= 11 is 0. The molecule has 4 fully saturated rings. The summed E-state index contributed by atoms with van der Waals surface area (Å²) in [4.78, 5) is 0. The Labute approximate surface area is 210 Å². The molecule has 1 nitrogen and oxygen atoms in total. The van der Waals surface area contributed by atoms with Gasteiger partial charge in [0.2, 0.25) is 0 Å². The quantitative estimate of drug-likeness (QED) is 0.390. The van der Waals surface area contributed by atoms with E-state index in [0.717, 1.165) is 47.2 Å². The van der Waals surface area contributed by atoms with Crippen molar-refractivity contribution in [3.63, 3.8) is 0 Å². The van der Waals surface area contributed by atoms with Gasteiger partial charge in [-0.15, -0.1) is 0 Å². The molecule has 0 bridgehead atoms. The van der Waals surface area contributed by atoms with Gasteiger partial charge in [0.05, 0.1) is 6.10 Å². The van der Waals surface area contributed by atoms with E-state index in [-0.39, 0.29) is 0 Å². The molecule has 9 atom stereocenters. The molecule has 5 rings (SSSR count). The number of hydrogen-bond donors (Lipinski definition) is 0. The van der Waals surface area contributed by atoms with Crippen molar-refractivity contribution in [2.75, 3.05) is 0 Å². The van der Waals surface area contributed by atoms with Gasteiger partial charge in [-0.25, -0.2) is 0 Å². The second kappa shape index (κ2) is 9.82. The Morgan fingerprint density at radius 3 is 2.32 bits per heavy atom. The van der Waals surface area contributed by atoms with E-state index in [1.807, 2.05) is 0 Å². The topological polar surface area (TPSA) is 9.23 Å². The first-order valence-corrected chi connectivity index (χ1v) is 15.0. The van der Waals surface area contributed by atoms with Crippen LogP contribution in [0, 0.1) is 52.3 Å². The van der Waals surface area contributed by atoms with Crippen LogP contribution in [0.15, 0.2) is 30.3 Å². The van der Waals surface area contributed by atoms with E-state index < -0.39 is 0 Å². The zero-order valence-electron chi connectivity index (χ0n) is 22.9. The number of para-hydroxylation sites is 1. The van der Waals surface area contributed by atoms with Crippen LogP contribution in [0.3, 0.4) is 0 Å². The summed E-state index contributed by atoms with van der Waals surface area (Å²) in [7, 11) is 0. The number of ether oxygens (including phenoxy) is 1. The third-order valence-electron chi connectivity index (χ3n) is 11.9. The minimum absolute atomic E-state index is 0.424. The summed E-state index contributed by atoms with van der Waals surface area (Å²) in [6, 6.07) is 10.6. The van der Waals surface area contributed by atoms with Crippen molar-refractivity contribution in [3.8, 4) is 5.75 Å². The zero-order valence-corrected chi connectivity index (χ0v) is 22.9. The fourth-order valence-electron chi connectivity index (χ4n) is 10.0. The van der Waals surface area contributed by atoms with Gasteiger partial charge in [0.1, 0.15) is 5.75 Å². The van der Waals surface area contributed by atoms with Crippen molar-refractivity contribution in [3.05, 3.63) is 30.3 Å². The molecule has 4 aliphatic carbocycles. The zero-order chi connectivity index (χ0) is 23.9. The van der Waals surface area contributed by atoms with Crippen LogP contribution >= 0.6 is 0 Å². The molecule has 0 spiro atoms. The lowest BCUT2D eigenvalue weighted by Gasteiger charge is -2.61. The lowest BCUT2D eigenvalue weighted by molar-refractivity contribution is -0.126. The molecule has 0 aromatic heterocycles. The molecule has 1 aromatic carbocycles. The number of benzene rings is 1. The first-order chi connectivity index (χ1) is 16.3. The lowest BCUT2D eigenvalue weighted by Crippen LogP contribution is -2.54. The number of rotatable bonds is 7. The molecule has 1 aromatic rings. The van der Waals surface area contributed by atoms with Crippen molar-refractivity contribution in [2.45, 2.75) is 118 Å². The second-order valence-corrected chi connectivity index (χ2v) is 14.0. The number of hydrogen-bond acceptors (Lipinski definition) is 1. The fraction of sp³-hybridized carbons (Fsp3) is 0.818. The van der Waals surface area contributed by atoms with Gasteiger partial charge in [-0.2, -0.15) is 0 Å². The molecule has 0 aliphatic heterocycles. The molecular weight excluding hydrogens is 412 g/mol. The van der Waals surface area contributed by atoms with Crippen LogP contribution in [0.2, 0.25) is 0 Å². The molecular formula is C33H52O. The lowest BCUT2D eigenvalue weighted by atomic mass is 9.44. The molecule has 190 valence electrons. The summed E-state index contributed by atoms with van der Waals surface area (Å²) in [5.74, 6) is 7.66. The highest BCUT2D eigenvalue weighted by atomic mass is 16.5. The van der Waals surface area contributed by atoms with Crippen molar-refractivity contribution in [1.82, 2.24) is 0 Å². The van der Waals surface area contributed by atoms with Gasteiger partial charge < -0.3 is 4.74 Å². The normalized spacial score (nSPS) is 42.5. The van der Waals surface area contributed by atoms with Crippen molar-refractivity contribution in [2.24, 2.45) is 52.3 Å². The van der Waals surface area contributed by atoms with Gasteiger partial charge in [0, 0.05) is 0 Å². The summed E-state index contributed by atoms with van der Waals surface area (Å²) < 4.78 is 6.46. The van der Waals surface area contributed by atoms with Crippen LogP contribution in [0.1, 0.15) is 112 Å². The van der Waals surface area contributed by atoms with Crippen LogP contribution in [0.5, 0.6) is 5.75 Å². The minimum atomic E-state index is 0.424. The second-order valence-electron chi connectivity index (χ2n) is 14.0. The first-order valence-electron chi connectivity index (χ1n) is 15.0. The Hall–Kier alpha value is -0.980. The summed E-state index contributed by atoms with van der Waals surface area (Å²) in [6.07, 6.45) is 17.7. The Bertz CT molecular complexity index is 800. The van der Waals surface area contributed by atoms with Crippen LogP contribution in [-0.4, -0.2) is 6.10 Å². The van der Waals surface area contributed by atoms with E-state index in [1.165, 1.54) is 77.0 Å². The highest BCUT2D eigenvalue weighted by Crippen LogP contribution is 2.68. The minimum Gasteiger partial charge on any atom is -0.490 e. The monoisotopic (exact) mass is 464 g/mol. The molecule has 4 saturated carbocycles.